The van der Waals surface area contributed by atoms with Gasteiger partial charge in [0.25, 0.3) is 5.91 Å². The molecule has 0 saturated heterocycles. The summed E-state index contributed by atoms with van der Waals surface area (Å²) in [5.74, 6) is -2.13. The first-order valence-corrected chi connectivity index (χ1v) is 6.70. The molecule has 0 aliphatic carbocycles. The van der Waals surface area contributed by atoms with E-state index in [1.807, 2.05) is 12.1 Å². The van der Waals surface area contributed by atoms with Crippen molar-refractivity contribution in [2.75, 3.05) is 5.32 Å². The second kappa shape index (κ2) is 6.69. The van der Waals surface area contributed by atoms with Crippen LogP contribution in [0.3, 0.4) is 0 Å². The number of rotatable bonds is 6. The number of nitrogens with zero attached hydrogens (tertiary/aromatic N) is 1. The van der Waals surface area contributed by atoms with Crippen LogP contribution in [-0.2, 0) is 6.42 Å². The van der Waals surface area contributed by atoms with E-state index in [0.717, 1.165) is 25.3 Å². The van der Waals surface area contributed by atoms with Crippen molar-refractivity contribution in [1.82, 2.24) is 5.16 Å². The van der Waals surface area contributed by atoms with E-state index >= 15 is 0 Å². The third kappa shape index (κ3) is 3.92. The number of carboxylic acid groups (broad SMARTS) is 1. The lowest BCUT2D eigenvalue weighted by Crippen LogP contribution is -2.12. The summed E-state index contributed by atoms with van der Waals surface area (Å²) in [7, 11) is 0. The molecule has 0 unspecified atom stereocenters. The molecule has 0 bridgehead atoms. The number of aromatic carboxylic acids is 1. The van der Waals surface area contributed by atoms with E-state index in [9.17, 15) is 9.59 Å². The van der Waals surface area contributed by atoms with Gasteiger partial charge in [-0.25, -0.2) is 4.79 Å². The zero-order valence-electron chi connectivity index (χ0n) is 11.6. The molecule has 0 aliphatic rings. The van der Waals surface area contributed by atoms with Gasteiger partial charge in [-0.2, -0.15) is 0 Å². The Hall–Kier alpha value is -2.63. The minimum absolute atomic E-state index is 0.0672. The van der Waals surface area contributed by atoms with Crippen molar-refractivity contribution in [3.05, 3.63) is 47.3 Å². The molecular weight excluding hydrogens is 272 g/mol. The smallest absolute Gasteiger partial charge is 0.374 e. The maximum atomic E-state index is 11.9. The van der Waals surface area contributed by atoms with Gasteiger partial charge < -0.3 is 14.9 Å². The molecule has 6 heteroatoms. The molecule has 110 valence electrons. The van der Waals surface area contributed by atoms with Crippen molar-refractivity contribution >= 4 is 17.6 Å². The summed E-state index contributed by atoms with van der Waals surface area (Å²) in [5, 5.41) is 14.8. The number of aryl methyl sites for hydroxylation is 1. The Morgan fingerprint density at radius 2 is 2.00 bits per heavy atom. The number of carbonyl (C=O) groups is 2. The van der Waals surface area contributed by atoms with Gasteiger partial charge in [0.05, 0.1) is 0 Å². The molecule has 2 N–H and O–H groups in total. The highest BCUT2D eigenvalue weighted by Crippen LogP contribution is 2.13. The van der Waals surface area contributed by atoms with Crippen molar-refractivity contribution < 1.29 is 19.2 Å². The Kier molecular flexibility index (Phi) is 4.71. The Morgan fingerprint density at radius 3 is 2.57 bits per heavy atom. The number of nitrogens with one attached hydrogen (secondary N) is 1. The highest BCUT2D eigenvalue weighted by atomic mass is 16.5. The minimum atomic E-state index is -1.26. The van der Waals surface area contributed by atoms with Gasteiger partial charge >= 0.3 is 5.97 Å². The molecule has 1 heterocycles. The molecule has 1 aromatic carbocycles. The minimum Gasteiger partial charge on any atom is -0.475 e. The number of carboxylic acids is 1. The van der Waals surface area contributed by atoms with Crippen molar-refractivity contribution in [3.63, 3.8) is 0 Å². The van der Waals surface area contributed by atoms with E-state index in [2.05, 4.69) is 21.9 Å². The molecule has 1 aromatic heterocycles. The van der Waals surface area contributed by atoms with Crippen LogP contribution < -0.4 is 5.32 Å². The average Bonchev–Trinajstić information content (AvgIpc) is 2.97. The number of benzene rings is 1. The van der Waals surface area contributed by atoms with Crippen LogP contribution in [0.4, 0.5) is 5.69 Å². The number of hydrogen-bond acceptors (Lipinski definition) is 4. The fraction of sp³-hybridized carbons (Fsp3) is 0.267. The summed E-state index contributed by atoms with van der Waals surface area (Å²) in [6.07, 6.45) is 3.27. The number of carbonyl (C=O) groups excluding carboxylic acids is 1. The molecule has 0 saturated carbocycles. The molecule has 0 radical (unpaired) electrons. The predicted molar refractivity (Wildman–Crippen MR) is 76.5 cm³/mol. The number of aromatic nitrogens is 1. The normalized spacial score (nSPS) is 10.3. The van der Waals surface area contributed by atoms with E-state index in [0.29, 0.717) is 5.69 Å². The topological polar surface area (TPSA) is 92.4 Å². The van der Waals surface area contributed by atoms with Crippen LogP contribution in [0.5, 0.6) is 0 Å². The number of anilines is 1. The van der Waals surface area contributed by atoms with Crippen LogP contribution in [0.1, 0.15) is 46.4 Å². The lowest BCUT2D eigenvalue weighted by Gasteiger charge is -2.04. The van der Waals surface area contributed by atoms with Crippen LogP contribution in [0.2, 0.25) is 0 Å². The van der Waals surface area contributed by atoms with Gasteiger partial charge in [-0.1, -0.05) is 30.6 Å². The molecule has 21 heavy (non-hydrogen) atoms. The van der Waals surface area contributed by atoms with Crippen molar-refractivity contribution in [2.45, 2.75) is 26.2 Å². The van der Waals surface area contributed by atoms with E-state index in [4.69, 9.17) is 5.11 Å². The van der Waals surface area contributed by atoms with Crippen molar-refractivity contribution in [1.29, 1.82) is 0 Å². The second-order valence-electron chi connectivity index (χ2n) is 4.64. The molecule has 0 atom stereocenters. The summed E-state index contributed by atoms with van der Waals surface area (Å²) in [4.78, 5) is 22.5. The first kappa shape index (κ1) is 14.8. The zero-order valence-corrected chi connectivity index (χ0v) is 11.6. The Bertz CT molecular complexity index is 631. The highest BCUT2D eigenvalue weighted by molar-refractivity contribution is 6.03. The molecule has 6 nitrogen and oxygen atoms in total. The maximum Gasteiger partial charge on any atom is 0.374 e. The van der Waals surface area contributed by atoms with E-state index < -0.39 is 11.9 Å². The predicted octanol–water partition coefficient (Wildman–Crippen LogP) is 2.97. The van der Waals surface area contributed by atoms with Crippen molar-refractivity contribution in [2.24, 2.45) is 0 Å². The van der Waals surface area contributed by atoms with Gasteiger partial charge in [0.2, 0.25) is 5.76 Å². The monoisotopic (exact) mass is 288 g/mol. The van der Waals surface area contributed by atoms with Crippen molar-refractivity contribution in [3.8, 4) is 0 Å². The lowest BCUT2D eigenvalue weighted by atomic mass is 10.1. The standard InChI is InChI=1S/C15H16N2O4/c1-2-3-4-10-5-7-11(8-6-10)16-14(18)12-9-13(15(19)20)21-17-12/h5-9H,2-4H2,1H3,(H,16,18)(H,19,20). The summed E-state index contributed by atoms with van der Waals surface area (Å²) >= 11 is 0. The van der Waals surface area contributed by atoms with Crippen LogP contribution in [-0.4, -0.2) is 22.1 Å². The fourth-order valence-corrected chi connectivity index (χ4v) is 1.81. The van der Waals surface area contributed by atoms with Gasteiger partial charge in [0.15, 0.2) is 5.69 Å². The molecule has 1 amide bonds. The highest BCUT2D eigenvalue weighted by Gasteiger charge is 2.16. The lowest BCUT2D eigenvalue weighted by molar-refractivity contribution is 0.0651. The Morgan fingerprint density at radius 1 is 1.29 bits per heavy atom. The number of hydrogen-bond donors (Lipinski definition) is 2. The van der Waals surface area contributed by atoms with Gasteiger partial charge in [-0.3, -0.25) is 4.79 Å². The first-order valence-electron chi connectivity index (χ1n) is 6.70. The van der Waals surface area contributed by atoms with E-state index in [1.165, 1.54) is 5.56 Å². The molecule has 0 fully saturated rings. The van der Waals surface area contributed by atoms with Crippen LogP contribution in [0.25, 0.3) is 0 Å². The van der Waals surface area contributed by atoms with E-state index in [-0.39, 0.29) is 11.5 Å². The molecule has 2 rings (SSSR count). The van der Waals surface area contributed by atoms with Crippen LogP contribution in [0, 0.1) is 0 Å². The summed E-state index contributed by atoms with van der Waals surface area (Å²) in [6.45, 7) is 2.14. The SMILES string of the molecule is CCCCc1ccc(NC(=O)c2cc(C(=O)O)on2)cc1. The van der Waals surface area contributed by atoms with Gasteiger partial charge in [0.1, 0.15) is 0 Å². The van der Waals surface area contributed by atoms with E-state index in [1.54, 1.807) is 12.1 Å². The Balaban J connectivity index is 2.00. The number of unbranched alkanes of at least 4 members (excludes halogenated alkanes) is 1. The quantitative estimate of drug-likeness (QED) is 0.852. The van der Waals surface area contributed by atoms with Crippen LogP contribution >= 0.6 is 0 Å². The summed E-state index contributed by atoms with van der Waals surface area (Å²) in [5.41, 5.74) is 1.77. The molecular formula is C15H16N2O4. The summed E-state index contributed by atoms with van der Waals surface area (Å²) in [6, 6.07) is 8.61. The van der Waals surface area contributed by atoms with Gasteiger partial charge in [0, 0.05) is 11.8 Å². The molecule has 2 aromatic rings. The van der Waals surface area contributed by atoms with Crippen LogP contribution in [0.15, 0.2) is 34.9 Å². The number of amides is 1. The molecule has 0 aliphatic heterocycles. The average molecular weight is 288 g/mol. The third-order valence-electron chi connectivity index (χ3n) is 2.98. The first-order chi connectivity index (χ1) is 10.1. The zero-order chi connectivity index (χ0) is 15.2. The maximum absolute atomic E-state index is 11.9. The fourth-order valence-electron chi connectivity index (χ4n) is 1.81. The second-order valence-corrected chi connectivity index (χ2v) is 4.64. The van der Waals surface area contributed by atoms with Gasteiger partial charge in [-0.15, -0.1) is 0 Å². The van der Waals surface area contributed by atoms with Gasteiger partial charge in [-0.05, 0) is 30.5 Å². The molecule has 0 spiro atoms. The summed E-state index contributed by atoms with van der Waals surface area (Å²) < 4.78 is 4.54. The largest absolute Gasteiger partial charge is 0.475 e. The third-order valence-corrected chi connectivity index (χ3v) is 2.98. The Labute approximate surface area is 121 Å².